The van der Waals surface area contributed by atoms with Crippen LogP contribution in [0.25, 0.3) is 0 Å². The Bertz CT molecular complexity index is 978. The van der Waals surface area contributed by atoms with Gasteiger partial charge in [0.25, 0.3) is 0 Å². The number of hydrogen-bond acceptors (Lipinski definition) is 2. The minimum atomic E-state index is -4.46. The zero-order valence-electron chi connectivity index (χ0n) is 15.7. The maximum absolute atomic E-state index is 13.2. The third-order valence-electron chi connectivity index (χ3n) is 4.87. The van der Waals surface area contributed by atoms with Gasteiger partial charge in [-0.1, -0.05) is 72.8 Å². The molecule has 0 aromatic heterocycles. The Kier molecular flexibility index (Phi) is 5.97. The summed E-state index contributed by atoms with van der Waals surface area (Å²) < 4.78 is 38.9. The highest BCUT2D eigenvalue weighted by Gasteiger charge is 2.36. The maximum Gasteiger partial charge on any atom is 0.416 e. The second-order valence-corrected chi connectivity index (χ2v) is 6.83. The van der Waals surface area contributed by atoms with E-state index < -0.39 is 23.6 Å². The van der Waals surface area contributed by atoms with Crippen molar-refractivity contribution in [2.75, 3.05) is 0 Å². The fourth-order valence-corrected chi connectivity index (χ4v) is 3.47. The van der Waals surface area contributed by atoms with Crippen molar-refractivity contribution in [1.29, 1.82) is 0 Å². The highest BCUT2D eigenvalue weighted by molar-refractivity contribution is 6.11. The van der Waals surface area contributed by atoms with Crippen molar-refractivity contribution in [2.24, 2.45) is 5.92 Å². The van der Waals surface area contributed by atoms with E-state index in [1.807, 2.05) is 0 Å². The lowest BCUT2D eigenvalue weighted by atomic mass is 9.75. The lowest BCUT2D eigenvalue weighted by Crippen LogP contribution is -2.29. The molecule has 5 heteroatoms. The van der Waals surface area contributed by atoms with Crippen LogP contribution in [0.4, 0.5) is 13.2 Å². The molecular weight excluding hydrogens is 377 g/mol. The van der Waals surface area contributed by atoms with E-state index in [-0.39, 0.29) is 11.6 Å². The fraction of sp³-hybridized carbons (Fsp3) is 0.167. The van der Waals surface area contributed by atoms with E-state index in [9.17, 15) is 22.8 Å². The van der Waals surface area contributed by atoms with E-state index in [1.165, 1.54) is 19.1 Å². The van der Waals surface area contributed by atoms with E-state index in [2.05, 4.69) is 0 Å². The number of carbonyl (C=O) groups is 2. The third-order valence-corrected chi connectivity index (χ3v) is 4.87. The van der Waals surface area contributed by atoms with Crippen LogP contribution in [0.5, 0.6) is 0 Å². The van der Waals surface area contributed by atoms with Crippen LogP contribution >= 0.6 is 0 Å². The summed E-state index contributed by atoms with van der Waals surface area (Å²) >= 11 is 0. The van der Waals surface area contributed by atoms with Gasteiger partial charge in [0, 0.05) is 11.5 Å². The summed E-state index contributed by atoms with van der Waals surface area (Å²) in [5.74, 6) is -2.43. The summed E-state index contributed by atoms with van der Waals surface area (Å²) in [4.78, 5) is 25.8. The lowest BCUT2D eigenvalue weighted by Gasteiger charge is -2.26. The maximum atomic E-state index is 13.2. The third kappa shape index (κ3) is 4.62. The summed E-state index contributed by atoms with van der Waals surface area (Å²) in [7, 11) is 0. The van der Waals surface area contributed by atoms with Crippen LogP contribution in [-0.4, -0.2) is 11.6 Å². The predicted molar refractivity (Wildman–Crippen MR) is 105 cm³/mol. The first kappa shape index (κ1) is 20.5. The topological polar surface area (TPSA) is 34.1 Å². The number of rotatable bonds is 6. The molecule has 0 aliphatic rings. The number of halogens is 3. The average molecular weight is 396 g/mol. The van der Waals surface area contributed by atoms with Crippen molar-refractivity contribution in [3.05, 3.63) is 107 Å². The molecule has 2 unspecified atom stereocenters. The molecule has 3 rings (SSSR count). The van der Waals surface area contributed by atoms with Gasteiger partial charge in [-0.25, -0.2) is 0 Å². The van der Waals surface area contributed by atoms with Crippen LogP contribution in [0.15, 0.2) is 84.9 Å². The zero-order chi connectivity index (χ0) is 21.0. The van der Waals surface area contributed by atoms with Crippen molar-refractivity contribution < 1.29 is 22.8 Å². The number of Topliss-reactive ketones (excluding diaryl/α,β-unsaturated/α-hetero) is 2. The summed E-state index contributed by atoms with van der Waals surface area (Å²) in [5, 5.41) is 0. The van der Waals surface area contributed by atoms with Gasteiger partial charge in [-0.3, -0.25) is 9.59 Å². The van der Waals surface area contributed by atoms with Crippen molar-refractivity contribution in [2.45, 2.75) is 19.0 Å². The smallest absolute Gasteiger partial charge is 0.299 e. The van der Waals surface area contributed by atoms with Gasteiger partial charge in [0.1, 0.15) is 5.78 Å². The molecule has 29 heavy (non-hydrogen) atoms. The van der Waals surface area contributed by atoms with Crippen LogP contribution in [0.1, 0.15) is 39.9 Å². The predicted octanol–water partition coefficient (Wildman–Crippen LogP) is 5.93. The molecule has 3 aromatic carbocycles. The molecule has 0 saturated heterocycles. The Morgan fingerprint density at radius 3 is 1.69 bits per heavy atom. The van der Waals surface area contributed by atoms with Gasteiger partial charge in [0.2, 0.25) is 0 Å². The highest BCUT2D eigenvalue weighted by Crippen LogP contribution is 2.37. The molecule has 148 valence electrons. The fourth-order valence-electron chi connectivity index (χ4n) is 3.47. The van der Waals surface area contributed by atoms with Gasteiger partial charge in [-0.2, -0.15) is 13.2 Å². The molecule has 0 spiro atoms. The molecule has 0 amide bonds. The molecule has 3 aromatic rings. The molecule has 0 fully saturated rings. The number of benzene rings is 3. The molecule has 0 N–H and O–H groups in total. The van der Waals surface area contributed by atoms with Gasteiger partial charge in [0.05, 0.1) is 11.5 Å². The molecular formula is C24H19F3O2. The van der Waals surface area contributed by atoms with Crippen LogP contribution in [-0.2, 0) is 11.0 Å². The Balaban J connectivity index is 2.11. The van der Waals surface area contributed by atoms with Crippen LogP contribution < -0.4 is 0 Å². The van der Waals surface area contributed by atoms with Gasteiger partial charge in [-0.05, 0) is 30.2 Å². The minimum Gasteiger partial charge on any atom is -0.299 e. The van der Waals surface area contributed by atoms with E-state index in [4.69, 9.17) is 0 Å². The summed E-state index contributed by atoms with van der Waals surface area (Å²) in [6, 6.07) is 22.0. The molecule has 2 atom stereocenters. The Labute approximate surface area is 167 Å². The van der Waals surface area contributed by atoms with Gasteiger partial charge in [-0.15, -0.1) is 0 Å². The molecule has 0 aliphatic heterocycles. The van der Waals surface area contributed by atoms with Crippen molar-refractivity contribution in [3.8, 4) is 0 Å². The summed E-state index contributed by atoms with van der Waals surface area (Å²) in [5.41, 5.74) is 0.785. The van der Waals surface area contributed by atoms with E-state index in [1.54, 1.807) is 60.7 Å². The second kappa shape index (κ2) is 8.43. The van der Waals surface area contributed by atoms with Crippen LogP contribution in [0.3, 0.4) is 0 Å². The SMILES string of the molecule is CC(=O)C(C(=O)c1ccccc1)C(c1ccccc1)c1ccc(C(F)(F)F)cc1. The molecule has 0 aliphatic carbocycles. The zero-order valence-corrected chi connectivity index (χ0v) is 15.7. The molecule has 2 nitrogen and oxygen atoms in total. The Hall–Kier alpha value is -3.21. The standard InChI is InChI=1S/C24H19F3O2/c1-16(28)21(23(29)19-10-6-3-7-11-19)22(17-8-4-2-5-9-17)18-12-14-20(15-13-18)24(25,26)27/h2-15,21-22H,1H3. The van der Waals surface area contributed by atoms with Crippen LogP contribution in [0.2, 0.25) is 0 Å². The van der Waals surface area contributed by atoms with E-state index >= 15 is 0 Å². The first-order valence-electron chi connectivity index (χ1n) is 9.11. The van der Waals surface area contributed by atoms with Crippen molar-refractivity contribution in [1.82, 2.24) is 0 Å². The summed E-state index contributed by atoms with van der Waals surface area (Å²) in [6.45, 7) is 1.34. The van der Waals surface area contributed by atoms with E-state index in [0.29, 0.717) is 16.7 Å². The normalized spacial score (nSPS) is 13.5. The Morgan fingerprint density at radius 2 is 1.21 bits per heavy atom. The van der Waals surface area contributed by atoms with E-state index in [0.717, 1.165) is 12.1 Å². The number of carbonyl (C=O) groups excluding carboxylic acids is 2. The Morgan fingerprint density at radius 1 is 0.724 bits per heavy atom. The minimum absolute atomic E-state index is 0.340. The highest BCUT2D eigenvalue weighted by atomic mass is 19.4. The second-order valence-electron chi connectivity index (χ2n) is 6.83. The number of ketones is 2. The van der Waals surface area contributed by atoms with Crippen LogP contribution in [0, 0.1) is 5.92 Å². The average Bonchev–Trinajstić information content (AvgIpc) is 2.72. The lowest BCUT2D eigenvalue weighted by molar-refractivity contribution is -0.137. The van der Waals surface area contributed by atoms with Gasteiger partial charge >= 0.3 is 6.18 Å². The molecule has 0 heterocycles. The monoisotopic (exact) mass is 396 g/mol. The van der Waals surface area contributed by atoms with Gasteiger partial charge < -0.3 is 0 Å². The summed E-state index contributed by atoms with van der Waals surface area (Å²) in [6.07, 6.45) is -4.46. The van der Waals surface area contributed by atoms with Crippen molar-refractivity contribution in [3.63, 3.8) is 0 Å². The number of alkyl halides is 3. The van der Waals surface area contributed by atoms with Gasteiger partial charge in [0.15, 0.2) is 5.78 Å². The molecule has 0 saturated carbocycles. The van der Waals surface area contributed by atoms with Crippen molar-refractivity contribution >= 4 is 11.6 Å². The largest absolute Gasteiger partial charge is 0.416 e. The quantitative estimate of drug-likeness (QED) is 0.383. The first-order chi connectivity index (χ1) is 13.8. The first-order valence-corrected chi connectivity index (χ1v) is 9.11. The number of hydrogen-bond donors (Lipinski definition) is 0. The molecule has 0 radical (unpaired) electrons. The molecule has 0 bridgehead atoms.